The first kappa shape index (κ1) is 15.4. The molecule has 1 fully saturated rings. The second kappa shape index (κ2) is 7.14. The third-order valence-corrected chi connectivity index (χ3v) is 3.85. The Morgan fingerprint density at radius 2 is 1.71 bits per heavy atom. The fraction of sp³-hybridized carbons (Fsp3) is 0.333. The average molecular weight is 284 g/mol. The fourth-order valence-electron chi connectivity index (χ4n) is 2.32. The molecule has 112 valence electrons. The molecule has 1 N–H and O–H groups in total. The van der Waals surface area contributed by atoms with Crippen molar-refractivity contribution in [1.82, 2.24) is 10.2 Å². The van der Waals surface area contributed by atoms with Crippen LogP contribution in [0.4, 0.5) is 0 Å². The summed E-state index contributed by atoms with van der Waals surface area (Å²) in [5, 5.41) is 3.38. The molecule has 0 spiro atoms. The lowest BCUT2D eigenvalue weighted by atomic mass is 10.1. The van der Waals surface area contributed by atoms with E-state index in [1.807, 2.05) is 18.2 Å². The van der Waals surface area contributed by atoms with Crippen LogP contribution in [-0.4, -0.2) is 31.2 Å². The summed E-state index contributed by atoms with van der Waals surface area (Å²) in [5.74, 6) is 0. The number of ether oxygens (including phenoxy) is 1. The number of rotatable bonds is 5. The topological polar surface area (TPSA) is 24.5 Å². The van der Waals surface area contributed by atoms with Gasteiger partial charge in [-0.2, -0.15) is 0 Å². The Balaban J connectivity index is 2.04. The van der Waals surface area contributed by atoms with Crippen molar-refractivity contribution in [3.05, 3.63) is 66.0 Å². The van der Waals surface area contributed by atoms with Gasteiger partial charge in [0.25, 0.3) is 0 Å². The second-order valence-corrected chi connectivity index (χ2v) is 5.27. The quantitative estimate of drug-likeness (QED) is 0.839. The average Bonchev–Trinajstić information content (AvgIpc) is 2.55. The van der Waals surface area contributed by atoms with E-state index in [2.05, 4.69) is 49.4 Å². The molecule has 3 nitrogen and oxygen atoms in total. The van der Waals surface area contributed by atoms with Crippen LogP contribution in [0.5, 0.6) is 0 Å². The summed E-state index contributed by atoms with van der Waals surface area (Å²) >= 11 is 0. The van der Waals surface area contributed by atoms with Gasteiger partial charge >= 0.3 is 0 Å². The lowest BCUT2D eigenvalue weighted by molar-refractivity contribution is 0.0549. The second-order valence-electron chi connectivity index (χ2n) is 5.27. The molecule has 1 heterocycles. The number of nitrogens with one attached hydrogen (secondary N) is 1. The Bertz CT molecular complexity index is 540. The minimum atomic E-state index is 0.773. The summed E-state index contributed by atoms with van der Waals surface area (Å²) in [6, 6.07) is 10.1. The molecule has 1 aromatic rings. The Labute approximate surface area is 127 Å². The molecule has 0 amide bonds. The van der Waals surface area contributed by atoms with Crippen molar-refractivity contribution in [3.63, 3.8) is 0 Å². The van der Waals surface area contributed by atoms with Crippen molar-refractivity contribution in [1.29, 1.82) is 0 Å². The number of nitrogens with zero attached hydrogens (tertiary/aromatic N) is 1. The summed E-state index contributed by atoms with van der Waals surface area (Å²) < 4.78 is 5.38. The van der Waals surface area contributed by atoms with E-state index in [0.717, 1.165) is 54.5 Å². The maximum atomic E-state index is 5.38. The molecule has 1 aliphatic heterocycles. The summed E-state index contributed by atoms with van der Waals surface area (Å²) in [6.45, 7) is 15.9. The van der Waals surface area contributed by atoms with Crippen LogP contribution >= 0.6 is 0 Å². The van der Waals surface area contributed by atoms with Crippen LogP contribution in [0.25, 0.3) is 5.70 Å². The summed E-state index contributed by atoms with van der Waals surface area (Å²) in [6.07, 6.45) is 0. The first-order chi connectivity index (χ1) is 10.1. The number of morpholine rings is 1. The molecule has 0 saturated carbocycles. The normalized spacial score (nSPS) is 16.2. The van der Waals surface area contributed by atoms with E-state index in [0.29, 0.717) is 0 Å². The molecule has 0 aliphatic carbocycles. The standard InChI is InChI=1S/C18H24N2O/c1-14(17(4)20-10-12-21-13-11-20)15(2)19-16(3)18-8-6-5-7-9-18/h5-9,19H,3-4,10-13H2,1-2H3/b15-14+. The predicted octanol–water partition coefficient (Wildman–Crippen LogP) is 3.39. The molecule has 21 heavy (non-hydrogen) atoms. The van der Waals surface area contributed by atoms with Crippen molar-refractivity contribution in [2.45, 2.75) is 13.8 Å². The van der Waals surface area contributed by atoms with Crippen molar-refractivity contribution >= 4 is 5.70 Å². The molecule has 2 rings (SSSR count). The number of allylic oxidation sites excluding steroid dienone is 2. The van der Waals surface area contributed by atoms with Gasteiger partial charge in [0, 0.05) is 30.2 Å². The molecular formula is C18H24N2O. The van der Waals surface area contributed by atoms with Gasteiger partial charge in [0.1, 0.15) is 0 Å². The smallest absolute Gasteiger partial charge is 0.0642 e. The van der Waals surface area contributed by atoms with Crippen LogP contribution in [0.1, 0.15) is 19.4 Å². The third kappa shape index (κ3) is 3.99. The Morgan fingerprint density at radius 3 is 2.33 bits per heavy atom. The first-order valence-corrected chi connectivity index (χ1v) is 7.30. The van der Waals surface area contributed by atoms with E-state index < -0.39 is 0 Å². The van der Waals surface area contributed by atoms with Gasteiger partial charge in [-0.05, 0) is 25.0 Å². The minimum absolute atomic E-state index is 0.773. The zero-order chi connectivity index (χ0) is 15.2. The fourth-order valence-corrected chi connectivity index (χ4v) is 2.32. The summed E-state index contributed by atoms with van der Waals surface area (Å²) in [7, 11) is 0. The highest BCUT2D eigenvalue weighted by molar-refractivity contribution is 5.63. The summed E-state index contributed by atoms with van der Waals surface area (Å²) in [4.78, 5) is 2.27. The zero-order valence-electron chi connectivity index (χ0n) is 13.0. The van der Waals surface area contributed by atoms with Crippen LogP contribution in [-0.2, 0) is 4.74 Å². The van der Waals surface area contributed by atoms with E-state index in [9.17, 15) is 0 Å². The highest BCUT2D eigenvalue weighted by Gasteiger charge is 2.14. The van der Waals surface area contributed by atoms with Crippen molar-refractivity contribution < 1.29 is 4.74 Å². The molecule has 1 saturated heterocycles. The monoisotopic (exact) mass is 284 g/mol. The Kier molecular flexibility index (Phi) is 5.23. The van der Waals surface area contributed by atoms with E-state index in [1.165, 1.54) is 0 Å². The largest absolute Gasteiger partial charge is 0.378 e. The molecule has 0 unspecified atom stereocenters. The van der Waals surface area contributed by atoms with E-state index in [-0.39, 0.29) is 0 Å². The van der Waals surface area contributed by atoms with E-state index >= 15 is 0 Å². The molecule has 1 aliphatic rings. The van der Waals surface area contributed by atoms with Gasteiger partial charge in [0.2, 0.25) is 0 Å². The van der Waals surface area contributed by atoms with Gasteiger partial charge in [-0.1, -0.05) is 43.5 Å². The Morgan fingerprint density at radius 1 is 1.10 bits per heavy atom. The van der Waals surface area contributed by atoms with Gasteiger partial charge in [0.15, 0.2) is 0 Å². The van der Waals surface area contributed by atoms with Crippen molar-refractivity contribution in [2.75, 3.05) is 26.3 Å². The van der Waals surface area contributed by atoms with Gasteiger partial charge in [-0.25, -0.2) is 0 Å². The maximum absolute atomic E-state index is 5.38. The molecule has 0 bridgehead atoms. The molecule has 3 heteroatoms. The van der Waals surface area contributed by atoms with Crippen molar-refractivity contribution in [2.24, 2.45) is 0 Å². The SMILES string of the molecule is C=C(N/C(C)=C(\C)C(=C)N1CCOCC1)c1ccccc1. The first-order valence-electron chi connectivity index (χ1n) is 7.30. The van der Waals surface area contributed by atoms with Gasteiger partial charge in [0.05, 0.1) is 13.2 Å². The van der Waals surface area contributed by atoms with E-state index in [1.54, 1.807) is 0 Å². The third-order valence-electron chi connectivity index (χ3n) is 3.85. The zero-order valence-corrected chi connectivity index (χ0v) is 13.0. The highest BCUT2D eigenvalue weighted by Crippen LogP contribution is 2.19. The molecule has 1 aromatic carbocycles. The van der Waals surface area contributed by atoms with Gasteiger partial charge in [-0.3, -0.25) is 0 Å². The van der Waals surface area contributed by atoms with Crippen LogP contribution in [0, 0.1) is 0 Å². The minimum Gasteiger partial charge on any atom is -0.378 e. The molecule has 0 atom stereocenters. The number of benzene rings is 1. The molecular weight excluding hydrogens is 260 g/mol. The maximum Gasteiger partial charge on any atom is 0.0642 e. The van der Waals surface area contributed by atoms with Crippen molar-refractivity contribution in [3.8, 4) is 0 Å². The van der Waals surface area contributed by atoms with Gasteiger partial charge in [-0.15, -0.1) is 0 Å². The van der Waals surface area contributed by atoms with Crippen LogP contribution in [0.3, 0.4) is 0 Å². The molecule has 0 radical (unpaired) electrons. The number of hydrogen-bond acceptors (Lipinski definition) is 3. The number of hydrogen-bond donors (Lipinski definition) is 1. The van der Waals surface area contributed by atoms with Gasteiger partial charge < -0.3 is 15.0 Å². The predicted molar refractivity (Wildman–Crippen MR) is 88.5 cm³/mol. The Hall–Kier alpha value is -2.00. The lowest BCUT2D eigenvalue weighted by Gasteiger charge is -2.31. The summed E-state index contributed by atoms with van der Waals surface area (Å²) in [5.41, 5.74) is 5.31. The van der Waals surface area contributed by atoms with Crippen LogP contribution in [0.15, 0.2) is 60.5 Å². The van der Waals surface area contributed by atoms with Crippen LogP contribution < -0.4 is 5.32 Å². The molecule has 0 aromatic heterocycles. The van der Waals surface area contributed by atoms with Crippen LogP contribution in [0.2, 0.25) is 0 Å². The highest BCUT2D eigenvalue weighted by atomic mass is 16.5. The van der Waals surface area contributed by atoms with E-state index in [4.69, 9.17) is 4.74 Å². The lowest BCUT2D eigenvalue weighted by Crippen LogP contribution is -2.36.